The van der Waals surface area contributed by atoms with E-state index in [1.165, 1.54) is 6.42 Å². The number of aryl methyl sites for hydroxylation is 1. The van der Waals surface area contributed by atoms with Gasteiger partial charge >= 0.3 is 5.97 Å². The van der Waals surface area contributed by atoms with Gasteiger partial charge in [0.25, 0.3) is 0 Å². The molecule has 4 nitrogen and oxygen atoms in total. The Morgan fingerprint density at radius 3 is 2.63 bits per heavy atom. The van der Waals surface area contributed by atoms with Crippen LogP contribution in [0.15, 0.2) is 12.4 Å². The lowest BCUT2D eigenvalue weighted by molar-refractivity contribution is -0.151. The zero-order chi connectivity index (χ0) is 13.9. The molecule has 1 saturated carbocycles. The Hall–Kier alpha value is -1.32. The molecule has 2 rings (SSSR count). The lowest BCUT2D eigenvalue weighted by atomic mass is 9.67. The van der Waals surface area contributed by atoms with Gasteiger partial charge in [-0.1, -0.05) is 13.3 Å². The van der Waals surface area contributed by atoms with E-state index in [-0.39, 0.29) is 0 Å². The van der Waals surface area contributed by atoms with Crippen LogP contribution in [0, 0.1) is 11.3 Å². The standard InChI is InChI=1S/C15H24N2O2/c1-3-12-5-7-15(8-6-12,14(18)19)9-13-10-16-17(4-2)11-13/h10-12H,3-9H2,1-2H3,(H,18,19). The number of hydrogen-bond acceptors (Lipinski definition) is 2. The van der Waals surface area contributed by atoms with Crippen molar-refractivity contribution in [1.29, 1.82) is 0 Å². The molecule has 106 valence electrons. The molecule has 1 N–H and O–H groups in total. The van der Waals surface area contributed by atoms with Crippen LogP contribution < -0.4 is 0 Å². The van der Waals surface area contributed by atoms with Crippen molar-refractivity contribution in [1.82, 2.24) is 9.78 Å². The van der Waals surface area contributed by atoms with Crippen LogP contribution in [0.2, 0.25) is 0 Å². The Kier molecular flexibility index (Phi) is 4.27. The SMILES string of the molecule is CCC1CCC(Cc2cnn(CC)c2)(C(=O)O)CC1. The van der Waals surface area contributed by atoms with Gasteiger partial charge < -0.3 is 5.11 Å². The maximum absolute atomic E-state index is 11.7. The smallest absolute Gasteiger partial charge is 0.309 e. The number of nitrogens with zero attached hydrogens (tertiary/aromatic N) is 2. The van der Waals surface area contributed by atoms with E-state index in [9.17, 15) is 9.90 Å². The zero-order valence-electron chi connectivity index (χ0n) is 11.9. The average Bonchev–Trinajstić information content (AvgIpc) is 2.87. The summed E-state index contributed by atoms with van der Waals surface area (Å²) in [5.74, 6) is 0.0807. The number of hydrogen-bond donors (Lipinski definition) is 1. The summed E-state index contributed by atoms with van der Waals surface area (Å²) in [7, 11) is 0. The summed E-state index contributed by atoms with van der Waals surface area (Å²) >= 11 is 0. The van der Waals surface area contributed by atoms with E-state index in [4.69, 9.17) is 0 Å². The minimum absolute atomic E-state index is 0.562. The number of carbonyl (C=O) groups is 1. The highest BCUT2D eigenvalue weighted by Gasteiger charge is 2.41. The number of rotatable bonds is 5. The summed E-state index contributed by atoms with van der Waals surface area (Å²) in [6.07, 6.45) is 9.30. The quantitative estimate of drug-likeness (QED) is 0.889. The van der Waals surface area contributed by atoms with Gasteiger partial charge in [-0.05, 0) is 50.5 Å². The summed E-state index contributed by atoms with van der Waals surface area (Å²) in [6, 6.07) is 0. The van der Waals surface area contributed by atoms with Gasteiger partial charge in [0, 0.05) is 12.7 Å². The van der Waals surface area contributed by atoms with Crippen molar-refractivity contribution >= 4 is 5.97 Å². The molecule has 1 heterocycles. The second-order valence-electron chi connectivity index (χ2n) is 5.82. The van der Waals surface area contributed by atoms with Gasteiger partial charge in [-0.15, -0.1) is 0 Å². The van der Waals surface area contributed by atoms with Crippen molar-refractivity contribution in [2.45, 2.75) is 58.9 Å². The summed E-state index contributed by atoms with van der Waals surface area (Å²) in [4.78, 5) is 11.7. The molecular formula is C15H24N2O2. The van der Waals surface area contributed by atoms with Crippen molar-refractivity contribution in [2.24, 2.45) is 11.3 Å². The van der Waals surface area contributed by atoms with Crippen LogP contribution in [0.25, 0.3) is 0 Å². The van der Waals surface area contributed by atoms with E-state index < -0.39 is 11.4 Å². The number of carboxylic acid groups (broad SMARTS) is 1. The Morgan fingerprint density at radius 1 is 1.47 bits per heavy atom. The van der Waals surface area contributed by atoms with Gasteiger partial charge in [0.15, 0.2) is 0 Å². The normalized spacial score (nSPS) is 27.4. The first-order valence-corrected chi connectivity index (χ1v) is 7.34. The van der Waals surface area contributed by atoms with Gasteiger partial charge in [0.2, 0.25) is 0 Å². The lowest BCUT2D eigenvalue weighted by Crippen LogP contribution is -2.37. The molecule has 1 aromatic heterocycles. The predicted molar refractivity (Wildman–Crippen MR) is 73.9 cm³/mol. The molecule has 1 fully saturated rings. The molecule has 0 bridgehead atoms. The Morgan fingerprint density at radius 2 is 2.16 bits per heavy atom. The van der Waals surface area contributed by atoms with Crippen LogP contribution in [0.4, 0.5) is 0 Å². The molecule has 0 saturated heterocycles. The largest absolute Gasteiger partial charge is 0.481 e. The number of aromatic nitrogens is 2. The van der Waals surface area contributed by atoms with Crippen molar-refractivity contribution in [3.05, 3.63) is 18.0 Å². The molecule has 0 radical (unpaired) electrons. The summed E-state index contributed by atoms with van der Waals surface area (Å²) < 4.78 is 1.86. The summed E-state index contributed by atoms with van der Waals surface area (Å²) in [6.45, 7) is 5.07. The van der Waals surface area contributed by atoms with Crippen LogP contribution >= 0.6 is 0 Å². The predicted octanol–water partition coefficient (Wildman–Crippen LogP) is 3.12. The second-order valence-corrected chi connectivity index (χ2v) is 5.82. The van der Waals surface area contributed by atoms with Gasteiger partial charge in [-0.25, -0.2) is 0 Å². The molecule has 1 aliphatic rings. The fourth-order valence-electron chi connectivity index (χ4n) is 3.17. The molecule has 1 aromatic rings. The van der Waals surface area contributed by atoms with Crippen LogP contribution in [0.5, 0.6) is 0 Å². The Bertz CT molecular complexity index is 431. The van der Waals surface area contributed by atoms with Crippen molar-refractivity contribution in [2.75, 3.05) is 0 Å². The fourth-order valence-corrected chi connectivity index (χ4v) is 3.17. The maximum Gasteiger partial charge on any atom is 0.309 e. The molecule has 1 aliphatic carbocycles. The topological polar surface area (TPSA) is 55.1 Å². The second kappa shape index (κ2) is 5.76. The molecule has 0 amide bonds. The maximum atomic E-state index is 11.7. The lowest BCUT2D eigenvalue weighted by Gasteiger charge is -2.36. The minimum atomic E-state index is -0.633. The van der Waals surface area contributed by atoms with Crippen molar-refractivity contribution in [3.63, 3.8) is 0 Å². The van der Waals surface area contributed by atoms with Crippen molar-refractivity contribution < 1.29 is 9.90 Å². The van der Waals surface area contributed by atoms with Gasteiger partial charge in [0.1, 0.15) is 0 Å². The first-order chi connectivity index (χ1) is 9.09. The summed E-state index contributed by atoms with van der Waals surface area (Å²) in [5.41, 5.74) is 0.493. The minimum Gasteiger partial charge on any atom is -0.481 e. The third kappa shape index (κ3) is 2.99. The van der Waals surface area contributed by atoms with E-state index >= 15 is 0 Å². The molecule has 0 aliphatic heterocycles. The highest BCUT2D eigenvalue weighted by Crippen LogP contribution is 2.42. The van der Waals surface area contributed by atoms with E-state index in [2.05, 4.69) is 12.0 Å². The van der Waals surface area contributed by atoms with Crippen LogP contribution in [-0.2, 0) is 17.8 Å². The molecule has 19 heavy (non-hydrogen) atoms. The van der Waals surface area contributed by atoms with E-state index in [1.807, 2.05) is 24.0 Å². The molecule has 4 heteroatoms. The molecular weight excluding hydrogens is 240 g/mol. The van der Waals surface area contributed by atoms with Crippen LogP contribution in [0.3, 0.4) is 0 Å². The molecule has 0 spiro atoms. The van der Waals surface area contributed by atoms with Crippen LogP contribution in [0.1, 0.15) is 51.5 Å². The summed E-state index contributed by atoms with van der Waals surface area (Å²) in [5, 5.41) is 13.9. The average molecular weight is 264 g/mol. The molecule has 0 unspecified atom stereocenters. The van der Waals surface area contributed by atoms with Gasteiger partial charge in [-0.3, -0.25) is 9.48 Å². The Balaban J connectivity index is 2.10. The zero-order valence-corrected chi connectivity index (χ0v) is 11.9. The van der Waals surface area contributed by atoms with Crippen molar-refractivity contribution in [3.8, 4) is 0 Å². The van der Waals surface area contributed by atoms with E-state index in [0.717, 1.165) is 37.8 Å². The van der Waals surface area contributed by atoms with E-state index in [1.54, 1.807) is 0 Å². The molecule has 0 aromatic carbocycles. The number of carboxylic acids is 1. The van der Waals surface area contributed by atoms with Crippen LogP contribution in [-0.4, -0.2) is 20.9 Å². The first-order valence-electron chi connectivity index (χ1n) is 7.34. The molecule has 0 atom stereocenters. The third-order valence-electron chi connectivity index (χ3n) is 4.65. The van der Waals surface area contributed by atoms with Gasteiger partial charge in [-0.2, -0.15) is 5.10 Å². The first kappa shape index (κ1) is 14.1. The van der Waals surface area contributed by atoms with Gasteiger partial charge in [0.05, 0.1) is 11.6 Å². The third-order valence-corrected chi connectivity index (χ3v) is 4.65. The number of aliphatic carboxylic acids is 1. The van der Waals surface area contributed by atoms with E-state index in [0.29, 0.717) is 12.3 Å². The highest BCUT2D eigenvalue weighted by molar-refractivity contribution is 5.75. The fraction of sp³-hybridized carbons (Fsp3) is 0.733. The highest BCUT2D eigenvalue weighted by atomic mass is 16.4. The monoisotopic (exact) mass is 264 g/mol. The Labute approximate surface area is 114 Å².